The number of anilines is 1. The van der Waals surface area contributed by atoms with Crippen molar-refractivity contribution in [2.45, 2.75) is 58.9 Å². The molecule has 0 unspecified atom stereocenters. The number of esters is 1. The molecule has 0 spiro atoms. The number of carbonyl (C=O) groups is 3. The third-order valence-electron chi connectivity index (χ3n) is 7.05. The molecule has 222 valence electrons. The molecule has 0 bridgehead atoms. The lowest BCUT2D eigenvalue weighted by molar-refractivity contribution is -0.137. The van der Waals surface area contributed by atoms with Gasteiger partial charge in [-0.15, -0.1) is 0 Å². The van der Waals surface area contributed by atoms with Crippen molar-refractivity contribution in [2.75, 3.05) is 25.7 Å². The van der Waals surface area contributed by atoms with Gasteiger partial charge in [0.1, 0.15) is 17.1 Å². The van der Waals surface area contributed by atoms with Gasteiger partial charge in [-0.25, -0.2) is 4.79 Å². The van der Waals surface area contributed by atoms with Crippen LogP contribution < -0.4 is 9.64 Å². The second-order valence-electron chi connectivity index (χ2n) is 10.3. The molecule has 0 aliphatic carbocycles. The van der Waals surface area contributed by atoms with Crippen molar-refractivity contribution in [2.24, 2.45) is 0 Å². The molecule has 7 heteroatoms. The summed E-state index contributed by atoms with van der Waals surface area (Å²) < 4.78 is 10.9. The fraction of sp³-hybridized carbons (Fsp3) is 0.343. The van der Waals surface area contributed by atoms with Crippen molar-refractivity contribution < 1.29 is 29.0 Å². The summed E-state index contributed by atoms with van der Waals surface area (Å²) in [7, 11) is 3.16. The van der Waals surface area contributed by atoms with Gasteiger partial charge in [-0.1, -0.05) is 81.5 Å². The predicted octanol–water partition coefficient (Wildman–Crippen LogP) is 7.14. The van der Waals surface area contributed by atoms with Crippen LogP contribution in [0.5, 0.6) is 11.5 Å². The van der Waals surface area contributed by atoms with E-state index in [1.165, 1.54) is 45.8 Å². The number of Topliss-reactive ketones (excluding diaryl/α,β-unsaturated/α-hetero) is 1. The van der Waals surface area contributed by atoms with E-state index in [0.717, 1.165) is 24.1 Å². The first-order valence-corrected chi connectivity index (χ1v) is 14.5. The largest absolute Gasteiger partial charge is 0.507 e. The average Bonchev–Trinajstić information content (AvgIpc) is 3.00. The van der Waals surface area contributed by atoms with Gasteiger partial charge in [0.25, 0.3) is 0 Å². The van der Waals surface area contributed by atoms with Gasteiger partial charge in [0, 0.05) is 36.5 Å². The minimum absolute atomic E-state index is 0.0227. The average molecular weight is 572 g/mol. The molecule has 0 saturated carbocycles. The van der Waals surface area contributed by atoms with Crippen molar-refractivity contribution in [1.82, 2.24) is 0 Å². The fourth-order valence-electron chi connectivity index (χ4n) is 4.62. The first kappa shape index (κ1) is 32.1. The van der Waals surface area contributed by atoms with E-state index >= 15 is 0 Å². The number of phenolic OH excluding ortho intramolecular Hbond substituents is 1. The summed E-state index contributed by atoms with van der Waals surface area (Å²) in [5.41, 5.74) is 3.02. The number of phenols is 1. The Morgan fingerprint density at radius 3 is 2.21 bits per heavy atom. The van der Waals surface area contributed by atoms with Crippen LogP contribution in [0.4, 0.5) is 5.69 Å². The molecule has 0 fully saturated rings. The van der Waals surface area contributed by atoms with E-state index in [4.69, 9.17) is 9.47 Å². The molecule has 0 aromatic heterocycles. The van der Waals surface area contributed by atoms with Gasteiger partial charge in [0.2, 0.25) is 0 Å². The maximum atomic E-state index is 13.2. The Morgan fingerprint density at radius 1 is 0.905 bits per heavy atom. The molecule has 1 N–H and O–H groups in total. The Kier molecular flexibility index (Phi) is 12.4. The second-order valence-corrected chi connectivity index (χ2v) is 10.3. The summed E-state index contributed by atoms with van der Waals surface area (Å²) >= 11 is 0. The van der Waals surface area contributed by atoms with Crippen molar-refractivity contribution in [3.8, 4) is 11.5 Å². The van der Waals surface area contributed by atoms with Crippen LogP contribution in [-0.2, 0) is 20.9 Å². The smallest absolute Gasteiger partial charge is 0.341 e. The van der Waals surface area contributed by atoms with Crippen LogP contribution in [0.25, 0.3) is 6.08 Å². The molecule has 0 amide bonds. The topological polar surface area (TPSA) is 93.1 Å². The quantitative estimate of drug-likeness (QED) is 0.0488. The maximum Gasteiger partial charge on any atom is 0.341 e. The Balaban J connectivity index is 1.84. The zero-order valence-corrected chi connectivity index (χ0v) is 25.0. The number of aromatic hydroxyl groups is 1. The zero-order valence-electron chi connectivity index (χ0n) is 25.0. The van der Waals surface area contributed by atoms with Crippen molar-refractivity contribution in [3.05, 3.63) is 94.6 Å². The molecule has 0 saturated heterocycles. The van der Waals surface area contributed by atoms with Gasteiger partial charge >= 0.3 is 5.97 Å². The van der Waals surface area contributed by atoms with E-state index in [9.17, 15) is 19.5 Å². The summed E-state index contributed by atoms with van der Waals surface area (Å²) in [6, 6.07) is 19.5. The number of hydrogen-bond acceptors (Lipinski definition) is 7. The number of ketones is 2. The van der Waals surface area contributed by atoms with Crippen molar-refractivity contribution in [1.29, 1.82) is 0 Å². The van der Waals surface area contributed by atoms with E-state index in [2.05, 4.69) is 6.92 Å². The summed E-state index contributed by atoms with van der Waals surface area (Å²) in [6.07, 6.45) is 8.32. The number of methoxy groups -OCH3 is 1. The highest BCUT2D eigenvalue weighted by atomic mass is 16.5. The maximum absolute atomic E-state index is 13.2. The summed E-state index contributed by atoms with van der Waals surface area (Å²) in [5, 5.41) is 10.8. The number of carbonyl (C=O) groups excluding carboxylic acids is 3. The normalized spacial score (nSPS) is 11.2. The summed E-state index contributed by atoms with van der Waals surface area (Å²) in [5.74, 6) is -0.880. The van der Waals surface area contributed by atoms with E-state index in [1.807, 2.05) is 42.3 Å². The lowest BCUT2D eigenvalue weighted by Gasteiger charge is -2.22. The molecule has 0 radical (unpaired) electrons. The first-order valence-electron chi connectivity index (χ1n) is 14.5. The predicted molar refractivity (Wildman–Crippen MR) is 166 cm³/mol. The highest BCUT2D eigenvalue weighted by Crippen LogP contribution is 2.32. The first-order chi connectivity index (χ1) is 20.2. The highest BCUT2D eigenvalue weighted by molar-refractivity contribution is 6.19. The standard InChI is InChI=1S/C35H41NO6/c1-5-6-7-8-9-13-20-42-33-23-32(38)31(34(39)27-14-11-10-12-15-27)22-28(33)24-36(3)29-18-16-26(17-19-29)21-30(25(2)37)35(40)41-4/h10-12,14-19,21-23,38H,5-9,13,20,24H2,1-4H3/b30-21+. The van der Waals surface area contributed by atoms with Gasteiger partial charge in [0.15, 0.2) is 11.6 Å². The van der Waals surface area contributed by atoms with Gasteiger partial charge in [-0.05, 0) is 43.2 Å². The summed E-state index contributed by atoms with van der Waals surface area (Å²) in [6.45, 7) is 4.46. The van der Waals surface area contributed by atoms with Gasteiger partial charge < -0.3 is 19.5 Å². The third-order valence-corrected chi connectivity index (χ3v) is 7.05. The lowest BCUT2D eigenvalue weighted by atomic mass is 9.99. The monoisotopic (exact) mass is 571 g/mol. The van der Waals surface area contributed by atoms with Crippen LogP contribution in [0.3, 0.4) is 0 Å². The van der Waals surface area contributed by atoms with Gasteiger partial charge in [0.05, 0.1) is 19.3 Å². The SMILES string of the molecule is CCCCCCCCOc1cc(O)c(C(=O)c2ccccc2)cc1CN(C)c1ccc(/C=C(\C(C)=O)C(=O)OC)cc1. The molecular formula is C35H41NO6. The van der Waals surface area contributed by atoms with Crippen LogP contribution in [0, 0.1) is 0 Å². The number of ether oxygens (including phenoxy) is 2. The fourth-order valence-corrected chi connectivity index (χ4v) is 4.62. The van der Waals surface area contributed by atoms with E-state index < -0.39 is 5.97 Å². The molecule has 0 aliphatic heterocycles. The van der Waals surface area contributed by atoms with Crippen LogP contribution >= 0.6 is 0 Å². The Hall–Kier alpha value is -4.39. The molecule has 3 aromatic rings. The number of nitrogens with zero attached hydrogens (tertiary/aromatic N) is 1. The number of hydrogen-bond donors (Lipinski definition) is 1. The Bertz CT molecular complexity index is 1380. The lowest BCUT2D eigenvalue weighted by Crippen LogP contribution is -2.18. The Morgan fingerprint density at radius 2 is 1.57 bits per heavy atom. The van der Waals surface area contributed by atoms with Crippen LogP contribution in [0.15, 0.2) is 72.3 Å². The molecule has 42 heavy (non-hydrogen) atoms. The molecule has 7 nitrogen and oxygen atoms in total. The molecule has 0 aliphatic rings. The minimum atomic E-state index is -0.676. The van der Waals surface area contributed by atoms with E-state index in [1.54, 1.807) is 36.4 Å². The molecule has 3 aromatic carbocycles. The highest BCUT2D eigenvalue weighted by Gasteiger charge is 2.19. The Labute approximate surface area is 248 Å². The number of benzene rings is 3. The number of rotatable bonds is 16. The van der Waals surface area contributed by atoms with Crippen LogP contribution in [-0.4, -0.2) is 43.4 Å². The molecule has 0 heterocycles. The minimum Gasteiger partial charge on any atom is -0.507 e. The van der Waals surface area contributed by atoms with Crippen LogP contribution in [0.1, 0.15) is 79.4 Å². The van der Waals surface area contributed by atoms with Crippen LogP contribution in [0.2, 0.25) is 0 Å². The van der Waals surface area contributed by atoms with Crippen molar-refractivity contribution in [3.63, 3.8) is 0 Å². The third kappa shape index (κ3) is 9.06. The van der Waals surface area contributed by atoms with Crippen molar-refractivity contribution >= 4 is 29.3 Å². The van der Waals surface area contributed by atoms with E-state index in [-0.39, 0.29) is 28.5 Å². The van der Waals surface area contributed by atoms with E-state index in [0.29, 0.717) is 30.0 Å². The summed E-state index contributed by atoms with van der Waals surface area (Å²) in [4.78, 5) is 39.0. The second kappa shape index (κ2) is 16.2. The zero-order chi connectivity index (χ0) is 30.5. The van der Waals surface area contributed by atoms with Gasteiger partial charge in [-0.2, -0.15) is 0 Å². The van der Waals surface area contributed by atoms with Gasteiger partial charge in [-0.3, -0.25) is 9.59 Å². The molecule has 0 atom stereocenters. The molecular weight excluding hydrogens is 530 g/mol. The molecule has 3 rings (SSSR count). The number of unbranched alkanes of at least 4 members (excludes halogenated alkanes) is 5.